The van der Waals surface area contributed by atoms with Crippen molar-refractivity contribution >= 4 is 5.82 Å². The average molecular weight is 229 g/mol. The smallest absolute Gasteiger partial charge is 0.133 e. The molecule has 88 valence electrons. The van der Waals surface area contributed by atoms with Gasteiger partial charge in [0.2, 0.25) is 0 Å². The molecular formula is C13H15N3O. The van der Waals surface area contributed by atoms with Crippen LogP contribution in [0.3, 0.4) is 0 Å². The Kier molecular flexibility index (Phi) is 2.37. The molecule has 0 unspecified atom stereocenters. The molecule has 0 amide bonds. The van der Waals surface area contributed by atoms with Crippen LogP contribution in [0.5, 0.6) is 0 Å². The van der Waals surface area contributed by atoms with Gasteiger partial charge in [-0.15, -0.1) is 0 Å². The van der Waals surface area contributed by atoms with Gasteiger partial charge in [-0.1, -0.05) is 17.7 Å². The average Bonchev–Trinajstić information content (AvgIpc) is 2.69. The van der Waals surface area contributed by atoms with Gasteiger partial charge in [0, 0.05) is 12.0 Å². The van der Waals surface area contributed by atoms with Gasteiger partial charge in [-0.3, -0.25) is 0 Å². The molecule has 0 fully saturated rings. The van der Waals surface area contributed by atoms with E-state index in [2.05, 4.69) is 24.2 Å². The van der Waals surface area contributed by atoms with Gasteiger partial charge in [-0.05, 0) is 19.1 Å². The first-order valence-electron chi connectivity index (χ1n) is 5.77. The SMILES string of the molecule is Cc1ccc(-n2nc3c(c2N)COCC3)cc1. The van der Waals surface area contributed by atoms with Crippen molar-refractivity contribution in [1.82, 2.24) is 9.78 Å². The lowest BCUT2D eigenvalue weighted by Gasteiger charge is -2.10. The van der Waals surface area contributed by atoms with E-state index in [4.69, 9.17) is 10.5 Å². The summed E-state index contributed by atoms with van der Waals surface area (Å²) in [6.45, 7) is 3.37. The maximum atomic E-state index is 6.11. The normalized spacial score (nSPS) is 14.6. The van der Waals surface area contributed by atoms with E-state index in [-0.39, 0.29) is 0 Å². The summed E-state index contributed by atoms with van der Waals surface area (Å²) in [5.41, 5.74) is 10.4. The molecule has 1 aromatic carbocycles. The highest BCUT2D eigenvalue weighted by atomic mass is 16.5. The third-order valence-corrected chi connectivity index (χ3v) is 3.11. The first-order valence-corrected chi connectivity index (χ1v) is 5.77. The van der Waals surface area contributed by atoms with Gasteiger partial charge in [0.25, 0.3) is 0 Å². The molecule has 17 heavy (non-hydrogen) atoms. The number of ether oxygens (including phenoxy) is 1. The zero-order valence-electron chi connectivity index (χ0n) is 9.81. The Bertz CT molecular complexity index is 543. The number of fused-ring (bicyclic) bond motifs is 1. The van der Waals surface area contributed by atoms with Crippen LogP contribution in [0.4, 0.5) is 5.82 Å². The Hall–Kier alpha value is -1.81. The fourth-order valence-corrected chi connectivity index (χ4v) is 2.09. The number of hydrogen-bond acceptors (Lipinski definition) is 3. The minimum Gasteiger partial charge on any atom is -0.383 e. The molecule has 0 saturated heterocycles. The van der Waals surface area contributed by atoms with Crippen molar-refractivity contribution in [3.8, 4) is 5.69 Å². The number of benzene rings is 1. The molecule has 3 rings (SSSR count). The van der Waals surface area contributed by atoms with Gasteiger partial charge >= 0.3 is 0 Å². The Morgan fingerprint density at radius 3 is 2.76 bits per heavy atom. The summed E-state index contributed by atoms with van der Waals surface area (Å²) >= 11 is 0. The van der Waals surface area contributed by atoms with Gasteiger partial charge in [0.1, 0.15) is 5.82 Å². The number of aromatic nitrogens is 2. The van der Waals surface area contributed by atoms with E-state index >= 15 is 0 Å². The number of nitrogens with two attached hydrogens (primary N) is 1. The Labute approximate surface area is 100 Å². The molecule has 4 nitrogen and oxygen atoms in total. The van der Waals surface area contributed by atoms with E-state index < -0.39 is 0 Å². The Balaban J connectivity index is 2.09. The van der Waals surface area contributed by atoms with Crippen LogP contribution in [0, 0.1) is 6.92 Å². The van der Waals surface area contributed by atoms with Crippen molar-refractivity contribution in [2.45, 2.75) is 20.0 Å². The quantitative estimate of drug-likeness (QED) is 0.811. The van der Waals surface area contributed by atoms with Crippen LogP contribution >= 0.6 is 0 Å². The van der Waals surface area contributed by atoms with E-state index in [0.717, 1.165) is 30.0 Å². The van der Waals surface area contributed by atoms with Crippen LogP contribution in [-0.4, -0.2) is 16.4 Å². The van der Waals surface area contributed by atoms with Crippen LogP contribution in [0.25, 0.3) is 5.69 Å². The molecule has 0 bridgehead atoms. The van der Waals surface area contributed by atoms with Gasteiger partial charge in [0.15, 0.2) is 0 Å². The summed E-state index contributed by atoms with van der Waals surface area (Å²) in [7, 11) is 0. The molecule has 2 N–H and O–H groups in total. The molecular weight excluding hydrogens is 214 g/mol. The standard InChI is InChI=1S/C13H15N3O/c1-9-2-4-10(5-3-9)16-13(14)11-8-17-7-6-12(11)15-16/h2-5H,6-8,14H2,1H3. The molecule has 0 atom stereocenters. The third-order valence-electron chi connectivity index (χ3n) is 3.11. The van der Waals surface area contributed by atoms with Crippen molar-refractivity contribution in [2.75, 3.05) is 12.3 Å². The molecule has 1 aromatic heterocycles. The minimum atomic E-state index is 0.576. The molecule has 0 radical (unpaired) electrons. The number of aryl methyl sites for hydroxylation is 1. The molecule has 4 heteroatoms. The maximum absolute atomic E-state index is 6.11. The highest BCUT2D eigenvalue weighted by molar-refractivity contribution is 5.50. The van der Waals surface area contributed by atoms with E-state index in [0.29, 0.717) is 12.4 Å². The fraction of sp³-hybridized carbons (Fsp3) is 0.308. The van der Waals surface area contributed by atoms with Crippen molar-refractivity contribution < 1.29 is 4.74 Å². The zero-order valence-corrected chi connectivity index (χ0v) is 9.81. The summed E-state index contributed by atoms with van der Waals surface area (Å²) in [6.07, 6.45) is 0.846. The number of anilines is 1. The molecule has 1 aliphatic rings. The van der Waals surface area contributed by atoms with Crippen molar-refractivity contribution in [3.05, 3.63) is 41.1 Å². The number of hydrogen-bond donors (Lipinski definition) is 1. The lowest BCUT2D eigenvalue weighted by molar-refractivity contribution is 0.110. The fourth-order valence-electron chi connectivity index (χ4n) is 2.09. The molecule has 1 aliphatic heterocycles. The van der Waals surface area contributed by atoms with Crippen LogP contribution in [0.15, 0.2) is 24.3 Å². The largest absolute Gasteiger partial charge is 0.383 e. The maximum Gasteiger partial charge on any atom is 0.133 e. The van der Waals surface area contributed by atoms with Crippen molar-refractivity contribution in [3.63, 3.8) is 0 Å². The lowest BCUT2D eigenvalue weighted by Crippen LogP contribution is -2.09. The minimum absolute atomic E-state index is 0.576. The van der Waals surface area contributed by atoms with Crippen LogP contribution in [0.2, 0.25) is 0 Å². The second-order valence-corrected chi connectivity index (χ2v) is 4.36. The van der Waals surface area contributed by atoms with Gasteiger partial charge in [0.05, 0.1) is 24.6 Å². The second kappa shape index (κ2) is 3.89. The Morgan fingerprint density at radius 1 is 1.29 bits per heavy atom. The summed E-state index contributed by atoms with van der Waals surface area (Å²) in [5.74, 6) is 0.698. The molecule has 0 saturated carbocycles. The van der Waals surface area contributed by atoms with Crippen LogP contribution < -0.4 is 5.73 Å². The van der Waals surface area contributed by atoms with E-state index in [1.807, 2.05) is 12.1 Å². The molecule has 2 heterocycles. The molecule has 2 aromatic rings. The van der Waals surface area contributed by atoms with E-state index in [9.17, 15) is 0 Å². The van der Waals surface area contributed by atoms with Gasteiger partial charge in [-0.2, -0.15) is 5.10 Å². The molecule has 0 spiro atoms. The second-order valence-electron chi connectivity index (χ2n) is 4.36. The number of nitrogen functional groups attached to an aromatic ring is 1. The summed E-state index contributed by atoms with van der Waals surface area (Å²) in [6, 6.07) is 8.19. The van der Waals surface area contributed by atoms with Gasteiger partial charge in [-0.25, -0.2) is 4.68 Å². The van der Waals surface area contributed by atoms with Crippen LogP contribution in [0.1, 0.15) is 16.8 Å². The van der Waals surface area contributed by atoms with Crippen molar-refractivity contribution in [1.29, 1.82) is 0 Å². The zero-order chi connectivity index (χ0) is 11.8. The first-order chi connectivity index (χ1) is 8.25. The Morgan fingerprint density at radius 2 is 2.06 bits per heavy atom. The predicted octanol–water partition coefficient (Wildman–Crippen LogP) is 1.84. The first kappa shape index (κ1) is 10.4. The number of nitrogens with zero attached hydrogens (tertiary/aromatic N) is 2. The number of rotatable bonds is 1. The summed E-state index contributed by atoms with van der Waals surface area (Å²) in [5, 5.41) is 4.56. The lowest BCUT2D eigenvalue weighted by atomic mass is 10.1. The molecule has 0 aliphatic carbocycles. The topological polar surface area (TPSA) is 53.1 Å². The van der Waals surface area contributed by atoms with Gasteiger partial charge < -0.3 is 10.5 Å². The monoisotopic (exact) mass is 229 g/mol. The highest BCUT2D eigenvalue weighted by Gasteiger charge is 2.19. The summed E-state index contributed by atoms with van der Waals surface area (Å²) < 4.78 is 7.22. The third kappa shape index (κ3) is 1.70. The predicted molar refractivity (Wildman–Crippen MR) is 66.1 cm³/mol. The summed E-state index contributed by atoms with van der Waals surface area (Å²) in [4.78, 5) is 0. The van der Waals surface area contributed by atoms with Crippen molar-refractivity contribution in [2.24, 2.45) is 0 Å². The highest BCUT2D eigenvalue weighted by Crippen LogP contribution is 2.25. The van der Waals surface area contributed by atoms with E-state index in [1.54, 1.807) is 4.68 Å². The van der Waals surface area contributed by atoms with E-state index in [1.165, 1.54) is 5.56 Å². The van der Waals surface area contributed by atoms with Crippen LogP contribution in [-0.2, 0) is 17.8 Å².